The van der Waals surface area contributed by atoms with Crippen molar-refractivity contribution < 1.29 is 18.0 Å². The Labute approximate surface area is 311 Å². The minimum Gasteiger partial charge on any atom is -0.366 e. The van der Waals surface area contributed by atoms with Gasteiger partial charge in [0.05, 0.1) is 16.8 Å². The number of carbonyl (C=O) groups excluding carboxylic acids is 2. The standard InChI is InChI=1S/C41H47N7O4S/c1-25-7-9-32(10-8-25)53(51,52)48-24-35(38-27(3)20-34(40(42)50)28(4)29(38)5)39-41(48)43-22-36(44-39)30-19-26(2)33-11-13-46(23-31(33)21-30)14-12-37(49)47-17-15-45(6)16-18-47/h7-10,19-22,24H,11-18,23H2,1-6H3,(H2,42,50). The Hall–Kier alpha value is -4.91. The Morgan fingerprint density at radius 1 is 0.887 bits per heavy atom. The molecule has 12 heteroatoms. The first-order valence-electron chi connectivity index (χ1n) is 18.2. The lowest BCUT2D eigenvalue weighted by molar-refractivity contribution is -0.133. The van der Waals surface area contributed by atoms with Crippen LogP contribution in [-0.4, -0.2) is 95.2 Å². The number of nitrogens with zero attached hydrogens (tertiary/aromatic N) is 6. The van der Waals surface area contributed by atoms with E-state index in [0.29, 0.717) is 35.3 Å². The van der Waals surface area contributed by atoms with Crippen LogP contribution in [0, 0.1) is 34.6 Å². The van der Waals surface area contributed by atoms with E-state index in [1.807, 2.05) is 32.6 Å². The zero-order chi connectivity index (χ0) is 37.8. The quantitative estimate of drug-likeness (QED) is 0.231. The summed E-state index contributed by atoms with van der Waals surface area (Å²) in [6.07, 6.45) is 4.65. The summed E-state index contributed by atoms with van der Waals surface area (Å²) in [5.41, 5.74) is 16.6. The minimum absolute atomic E-state index is 0.145. The van der Waals surface area contributed by atoms with Crippen molar-refractivity contribution in [1.29, 1.82) is 0 Å². The number of aryl methyl sites for hydroxylation is 3. The predicted molar refractivity (Wildman–Crippen MR) is 207 cm³/mol. The third-order valence-corrected chi connectivity index (χ3v) is 12.8. The molecule has 53 heavy (non-hydrogen) atoms. The fraction of sp³-hybridized carbons (Fsp3) is 0.366. The molecule has 2 aliphatic heterocycles. The molecule has 11 nitrogen and oxygen atoms in total. The lowest BCUT2D eigenvalue weighted by atomic mass is 9.90. The molecule has 0 unspecified atom stereocenters. The molecule has 1 saturated heterocycles. The zero-order valence-electron chi connectivity index (χ0n) is 31.4. The highest BCUT2D eigenvalue weighted by molar-refractivity contribution is 7.90. The smallest absolute Gasteiger partial charge is 0.269 e. The molecule has 2 amide bonds. The summed E-state index contributed by atoms with van der Waals surface area (Å²) in [7, 11) is -1.96. The molecule has 0 spiro atoms. The van der Waals surface area contributed by atoms with Crippen LogP contribution in [0.3, 0.4) is 0 Å². The number of nitrogens with two attached hydrogens (primary N) is 1. The Bertz CT molecular complexity index is 2380. The van der Waals surface area contributed by atoms with Crippen molar-refractivity contribution in [3.63, 3.8) is 0 Å². The van der Waals surface area contributed by atoms with Crippen LogP contribution < -0.4 is 5.73 Å². The van der Waals surface area contributed by atoms with Gasteiger partial charge in [0.2, 0.25) is 11.8 Å². The molecule has 0 radical (unpaired) electrons. The number of primary amides is 1. The topological polar surface area (TPSA) is 135 Å². The number of amides is 2. The maximum absolute atomic E-state index is 14.2. The number of piperazine rings is 1. The van der Waals surface area contributed by atoms with Crippen LogP contribution in [0.25, 0.3) is 33.5 Å². The van der Waals surface area contributed by atoms with Gasteiger partial charge in [0.25, 0.3) is 10.0 Å². The van der Waals surface area contributed by atoms with E-state index in [4.69, 9.17) is 15.7 Å². The Morgan fingerprint density at radius 3 is 2.30 bits per heavy atom. The lowest BCUT2D eigenvalue weighted by Gasteiger charge is -2.34. The zero-order valence-corrected chi connectivity index (χ0v) is 32.2. The number of aromatic nitrogens is 3. The number of hydrogen-bond acceptors (Lipinski definition) is 8. The van der Waals surface area contributed by atoms with Crippen molar-refractivity contribution in [2.75, 3.05) is 46.3 Å². The van der Waals surface area contributed by atoms with Gasteiger partial charge in [0.1, 0.15) is 5.52 Å². The monoisotopic (exact) mass is 733 g/mol. The van der Waals surface area contributed by atoms with E-state index in [1.165, 1.54) is 15.1 Å². The van der Waals surface area contributed by atoms with Crippen LogP contribution in [-0.2, 0) is 27.8 Å². The van der Waals surface area contributed by atoms with Crippen molar-refractivity contribution in [2.24, 2.45) is 5.73 Å². The van der Waals surface area contributed by atoms with Crippen LogP contribution in [0.15, 0.2) is 59.8 Å². The van der Waals surface area contributed by atoms with Crippen LogP contribution in [0.5, 0.6) is 0 Å². The molecule has 0 aliphatic carbocycles. The maximum Gasteiger partial charge on any atom is 0.269 e. The number of rotatable bonds is 8. The largest absolute Gasteiger partial charge is 0.366 e. The molecule has 0 bridgehead atoms. The molecule has 1 fully saturated rings. The summed E-state index contributed by atoms with van der Waals surface area (Å²) in [5, 5.41) is 0. The minimum atomic E-state index is -4.05. The van der Waals surface area contributed by atoms with E-state index in [1.54, 1.807) is 42.7 Å². The summed E-state index contributed by atoms with van der Waals surface area (Å²) >= 11 is 0. The molecule has 2 aliphatic rings. The second-order valence-corrected chi connectivity index (χ2v) is 16.5. The number of benzene rings is 3. The number of hydrogen-bond donors (Lipinski definition) is 1. The lowest BCUT2D eigenvalue weighted by Crippen LogP contribution is -2.47. The van der Waals surface area contributed by atoms with Gasteiger partial charge in [-0.2, -0.15) is 0 Å². The number of likely N-dealkylation sites (N-methyl/N-ethyl adjacent to an activating group) is 1. The molecule has 3 aromatic carbocycles. The molecule has 2 aromatic heterocycles. The second-order valence-electron chi connectivity index (χ2n) is 14.7. The van der Waals surface area contributed by atoms with E-state index < -0.39 is 15.9 Å². The molecule has 0 atom stereocenters. The highest BCUT2D eigenvalue weighted by atomic mass is 32.2. The normalized spacial score (nSPS) is 15.5. The molecule has 276 valence electrons. The Morgan fingerprint density at radius 2 is 1.60 bits per heavy atom. The highest BCUT2D eigenvalue weighted by Crippen LogP contribution is 2.38. The molecule has 7 rings (SSSR count). The molecular weight excluding hydrogens is 687 g/mol. The maximum atomic E-state index is 14.2. The third kappa shape index (κ3) is 6.87. The summed E-state index contributed by atoms with van der Waals surface area (Å²) in [6.45, 7) is 15.4. The molecule has 0 saturated carbocycles. The van der Waals surface area contributed by atoms with Crippen molar-refractivity contribution >= 4 is 33.0 Å². The van der Waals surface area contributed by atoms with Crippen LogP contribution in [0.4, 0.5) is 0 Å². The fourth-order valence-corrected chi connectivity index (χ4v) is 9.14. The van der Waals surface area contributed by atoms with E-state index >= 15 is 0 Å². The van der Waals surface area contributed by atoms with Gasteiger partial charge in [-0.25, -0.2) is 22.4 Å². The van der Waals surface area contributed by atoms with Crippen molar-refractivity contribution in [1.82, 2.24) is 28.6 Å². The molecule has 4 heterocycles. The van der Waals surface area contributed by atoms with Crippen LogP contribution in [0.1, 0.15) is 55.7 Å². The van der Waals surface area contributed by atoms with Gasteiger partial charge < -0.3 is 15.5 Å². The average molecular weight is 734 g/mol. The molecule has 2 N–H and O–H groups in total. The van der Waals surface area contributed by atoms with Gasteiger partial charge in [-0.1, -0.05) is 17.7 Å². The van der Waals surface area contributed by atoms with Gasteiger partial charge in [0, 0.05) is 75.1 Å². The molecular formula is C41H47N7O4S. The summed E-state index contributed by atoms with van der Waals surface area (Å²) in [4.78, 5) is 42.0. The van der Waals surface area contributed by atoms with Gasteiger partial charge in [0.15, 0.2) is 5.65 Å². The Kier molecular flexibility index (Phi) is 9.73. The van der Waals surface area contributed by atoms with E-state index in [9.17, 15) is 18.0 Å². The first-order chi connectivity index (χ1) is 25.2. The van der Waals surface area contributed by atoms with Gasteiger partial charge in [-0.3, -0.25) is 14.5 Å². The summed E-state index contributed by atoms with van der Waals surface area (Å²) in [5.74, 6) is -0.302. The third-order valence-electron chi connectivity index (χ3n) is 11.1. The van der Waals surface area contributed by atoms with Gasteiger partial charge >= 0.3 is 0 Å². The summed E-state index contributed by atoms with van der Waals surface area (Å²) in [6, 6.07) is 12.8. The first kappa shape index (κ1) is 36.4. The second kappa shape index (κ2) is 14.1. The predicted octanol–water partition coefficient (Wildman–Crippen LogP) is 5.17. The van der Waals surface area contributed by atoms with Crippen molar-refractivity contribution in [3.05, 3.63) is 99.4 Å². The summed E-state index contributed by atoms with van der Waals surface area (Å²) < 4.78 is 29.6. The molecule has 5 aromatic rings. The highest BCUT2D eigenvalue weighted by Gasteiger charge is 2.28. The number of fused-ring (bicyclic) bond motifs is 2. The van der Waals surface area contributed by atoms with Crippen molar-refractivity contribution in [2.45, 2.75) is 58.9 Å². The van der Waals surface area contributed by atoms with Crippen molar-refractivity contribution in [3.8, 4) is 22.4 Å². The fourth-order valence-electron chi connectivity index (χ4n) is 7.83. The van der Waals surface area contributed by atoms with Crippen LogP contribution in [0.2, 0.25) is 0 Å². The van der Waals surface area contributed by atoms with E-state index in [0.717, 1.165) is 84.6 Å². The van der Waals surface area contributed by atoms with E-state index in [2.05, 4.69) is 35.9 Å². The van der Waals surface area contributed by atoms with Gasteiger partial charge in [-0.15, -0.1) is 0 Å². The van der Waals surface area contributed by atoms with Gasteiger partial charge in [-0.05, 0) is 117 Å². The average Bonchev–Trinajstić information content (AvgIpc) is 3.51. The first-order valence-corrected chi connectivity index (χ1v) is 19.6. The van der Waals surface area contributed by atoms with E-state index in [-0.39, 0.29) is 16.4 Å². The number of carbonyl (C=O) groups is 2. The Balaban J connectivity index is 1.28. The van der Waals surface area contributed by atoms with Crippen LogP contribution >= 0.6 is 0 Å². The SMILES string of the molecule is Cc1ccc(S(=O)(=O)n2cc(-c3c(C)cc(C(N)=O)c(C)c3C)c3nc(-c4cc(C)c5c(c4)CN(CCC(=O)N4CCN(C)CC4)CC5)cnc32)cc1.